The lowest BCUT2D eigenvalue weighted by molar-refractivity contribution is 0.0592. The molecule has 0 saturated carbocycles. The molecule has 0 unspecified atom stereocenters. The average Bonchev–Trinajstić information content (AvgIpc) is 2.97. The first-order valence-corrected chi connectivity index (χ1v) is 12.3. The molecule has 41 heavy (non-hydrogen) atoms. The molecule has 212 valence electrons. The van der Waals surface area contributed by atoms with Crippen molar-refractivity contribution in [3.63, 3.8) is 0 Å². The molecule has 0 atom stereocenters. The normalized spacial score (nSPS) is 9.54. The van der Waals surface area contributed by atoms with Gasteiger partial charge in [0.2, 0.25) is 0 Å². The van der Waals surface area contributed by atoms with Crippen LogP contribution in [0.5, 0.6) is 0 Å². The maximum Gasteiger partial charge on any atom is 0.337 e. The average molecular weight is 577 g/mol. The van der Waals surface area contributed by atoms with Gasteiger partial charge in [-0.25, -0.2) is 9.59 Å². The highest BCUT2D eigenvalue weighted by molar-refractivity contribution is 6.67. The molecule has 1 amide bonds. The Morgan fingerprint density at radius 2 is 1.00 bits per heavy atom. The van der Waals surface area contributed by atoms with Crippen molar-refractivity contribution in [3.05, 3.63) is 119 Å². The van der Waals surface area contributed by atoms with E-state index >= 15 is 0 Å². The van der Waals surface area contributed by atoms with Gasteiger partial charge in [-0.1, -0.05) is 48.5 Å². The van der Waals surface area contributed by atoms with Gasteiger partial charge in [-0.2, -0.15) is 0 Å². The van der Waals surface area contributed by atoms with Crippen molar-refractivity contribution in [2.75, 3.05) is 36.7 Å². The molecule has 0 radical (unpaired) electrons. The van der Waals surface area contributed by atoms with E-state index in [2.05, 4.69) is 14.8 Å². The molecule has 10 nitrogen and oxygen atoms in total. The lowest BCUT2D eigenvalue weighted by Crippen LogP contribution is -2.13. The van der Waals surface area contributed by atoms with Crippen LogP contribution in [0.3, 0.4) is 0 Å². The van der Waals surface area contributed by atoms with E-state index in [1.165, 1.54) is 38.5 Å². The minimum absolute atomic E-state index is 0.271. The summed E-state index contributed by atoms with van der Waals surface area (Å²) in [5.41, 5.74) is 20.1. The lowest BCUT2D eigenvalue weighted by atomic mass is 10.1. The molecule has 11 heteroatoms. The molecule has 0 aliphatic rings. The van der Waals surface area contributed by atoms with E-state index in [1.807, 2.05) is 12.1 Å². The van der Waals surface area contributed by atoms with Crippen molar-refractivity contribution in [1.29, 1.82) is 0 Å². The second kappa shape index (κ2) is 15.9. The molecule has 0 spiro atoms. The number of carbonyl (C=O) groups is 4. The Bertz CT molecular complexity index is 1480. The summed E-state index contributed by atoms with van der Waals surface area (Å²) in [7, 11) is 2.59. The first kappa shape index (κ1) is 31.9. The SMILES string of the molecule is COC(=O)c1cc(N)cc(N)c1.COC(=O)c1cc(N)cc(NC(=O)c2ccccc2)c1.O=C(Cl)c1ccccc1. The van der Waals surface area contributed by atoms with E-state index in [0.717, 1.165) is 0 Å². The van der Waals surface area contributed by atoms with Gasteiger partial charge in [0.05, 0.1) is 25.3 Å². The summed E-state index contributed by atoms with van der Waals surface area (Å²) >= 11 is 5.16. The third-order valence-corrected chi connectivity index (χ3v) is 5.29. The van der Waals surface area contributed by atoms with Crippen molar-refractivity contribution >= 4 is 57.4 Å². The Morgan fingerprint density at radius 3 is 1.41 bits per heavy atom. The van der Waals surface area contributed by atoms with Gasteiger partial charge in [0.15, 0.2) is 0 Å². The number of halogens is 1. The summed E-state index contributed by atoms with van der Waals surface area (Å²) in [6.07, 6.45) is 0. The Morgan fingerprint density at radius 1 is 0.585 bits per heavy atom. The number of esters is 2. The summed E-state index contributed by atoms with van der Waals surface area (Å²) in [6.45, 7) is 0. The summed E-state index contributed by atoms with van der Waals surface area (Å²) in [5.74, 6) is -1.21. The zero-order valence-electron chi connectivity index (χ0n) is 22.3. The molecule has 0 bridgehead atoms. The molecule has 0 aromatic heterocycles. The van der Waals surface area contributed by atoms with Gasteiger partial charge >= 0.3 is 11.9 Å². The quantitative estimate of drug-likeness (QED) is 0.144. The second-order valence-electron chi connectivity index (χ2n) is 8.18. The number of amides is 1. The van der Waals surface area contributed by atoms with Gasteiger partial charge in [0.25, 0.3) is 11.1 Å². The van der Waals surface area contributed by atoms with Crippen molar-refractivity contribution < 1.29 is 28.7 Å². The van der Waals surface area contributed by atoms with E-state index in [0.29, 0.717) is 39.4 Å². The highest BCUT2D eigenvalue weighted by Gasteiger charge is 2.11. The predicted octanol–water partition coefficient (Wildman–Crippen LogP) is 5.01. The standard InChI is InChI=1S/C15H14N2O3.C8H10N2O2.C7H5ClO/c1-20-15(19)11-7-12(16)9-13(8-11)17-14(18)10-5-3-2-4-6-10;1-12-8(11)5-2-6(9)4-7(10)3-5;8-7(9)6-4-2-1-3-5-6/h2-9H,16H2,1H3,(H,17,18);2-4H,9-10H2,1H3;1-5H. The highest BCUT2D eigenvalue weighted by atomic mass is 35.5. The first-order chi connectivity index (χ1) is 19.5. The number of ether oxygens (including phenoxy) is 2. The fourth-order valence-corrected chi connectivity index (χ4v) is 3.36. The number of nitrogens with two attached hydrogens (primary N) is 3. The Kier molecular flexibility index (Phi) is 12.4. The van der Waals surface area contributed by atoms with Crippen LogP contribution in [0.25, 0.3) is 0 Å². The number of hydrogen-bond acceptors (Lipinski definition) is 9. The Labute approximate surface area is 242 Å². The van der Waals surface area contributed by atoms with E-state index in [4.69, 9.17) is 28.8 Å². The monoisotopic (exact) mass is 576 g/mol. The van der Waals surface area contributed by atoms with Crippen LogP contribution in [0.15, 0.2) is 97.1 Å². The Balaban J connectivity index is 0.000000237. The molecule has 0 heterocycles. The van der Waals surface area contributed by atoms with Gasteiger partial charge in [0, 0.05) is 33.9 Å². The van der Waals surface area contributed by atoms with Crippen LogP contribution in [0.4, 0.5) is 22.7 Å². The second-order valence-corrected chi connectivity index (χ2v) is 8.52. The van der Waals surface area contributed by atoms with Crippen molar-refractivity contribution in [2.24, 2.45) is 0 Å². The fraction of sp³-hybridized carbons (Fsp3) is 0.0667. The number of benzene rings is 4. The lowest BCUT2D eigenvalue weighted by Gasteiger charge is -2.08. The van der Waals surface area contributed by atoms with Crippen molar-refractivity contribution in [1.82, 2.24) is 0 Å². The summed E-state index contributed by atoms with van der Waals surface area (Å²) in [4.78, 5) is 44.9. The highest BCUT2D eigenvalue weighted by Crippen LogP contribution is 2.18. The van der Waals surface area contributed by atoms with Crippen molar-refractivity contribution in [3.8, 4) is 0 Å². The van der Waals surface area contributed by atoms with Crippen LogP contribution in [0, 0.1) is 0 Å². The van der Waals surface area contributed by atoms with Crippen LogP contribution >= 0.6 is 11.6 Å². The van der Waals surface area contributed by atoms with E-state index in [-0.39, 0.29) is 11.5 Å². The van der Waals surface area contributed by atoms with E-state index in [1.54, 1.807) is 60.7 Å². The zero-order valence-corrected chi connectivity index (χ0v) is 23.1. The number of nitrogens with one attached hydrogen (secondary N) is 1. The molecule has 4 aromatic carbocycles. The molecule has 7 N–H and O–H groups in total. The number of methoxy groups -OCH3 is 2. The third-order valence-electron chi connectivity index (χ3n) is 5.07. The summed E-state index contributed by atoms with van der Waals surface area (Å²) < 4.78 is 9.12. The van der Waals surface area contributed by atoms with Gasteiger partial charge < -0.3 is 32.0 Å². The van der Waals surface area contributed by atoms with Crippen LogP contribution < -0.4 is 22.5 Å². The minimum atomic E-state index is -0.507. The van der Waals surface area contributed by atoms with Crippen LogP contribution in [-0.4, -0.2) is 37.3 Å². The molecule has 4 aromatic rings. The largest absolute Gasteiger partial charge is 0.465 e. The Hall–Kier alpha value is -5.35. The van der Waals surface area contributed by atoms with Gasteiger partial charge in [0.1, 0.15) is 0 Å². The predicted molar refractivity (Wildman–Crippen MR) is 160 cm³/mol. The van der Waals surface area contributed by atoms with Gasteiger partial charge in [-0.05, 0) is 60.1 Å². The number of nitrogen functional groups attached to an aromatic ring is 3. The molecule has 0 aliphatic carbocycles. The van der Waals surface area contributed by atoms with Crippen LogP contribution in [0.1, 0.15) is 41.4 Å². The van der Waals surface area contributed by atoms with Gasteiger partial charge in [-0.15, -0.1) is 0 Å². The maximum atomic E-state index is 12.0. The molecule has 0 saturated heterocycles. The molecule has 0 aliphatic heterocycles. The smallest absolute Gasteiger partial charge is 0.337 e. The summed E-state index contributed by atoms with van der Waals surface area (Å²) in [5, 5.41) is 2.28. The van der Waals surface area contributed by atoms with E-state index < -0.39 is 17.2 Å². The maximum absolute atomic E-state index is 12.0. The molecule has 0 fully saturated rings. The molecular formula is C30H29ClN4O6. The number of rotatable bonds is 5. The number of carbonyl (C=O) groups excluding carboxylic acids is 4. The first-order valence-electron chi connectivity index (χ1n) is 11.9. The van der Waals surface area contributed by atoms with E-state index in [9.17, 15) is 19.2 Å². The minimum Gasteiger partial charge on any atom is -0.465 e. The fourth-order valence-electron chi connectivity index (χ4n) is 3.23. The van der Waals surface area contributed by atoms with Crippen molar-refractivity contribution in [2.45, 2.75) is 0 Å². The topological polar surface area (TPSA) is 177 Å². The summed E-state index contributed by atoms with van der Waals surface area (Å²) in [6, 6.07) is 26.7. The zero-order chi connectivity index (χ0) is 30.4. The third kappa shape index (κ3) is 10.7. The number of hydrogen-bond donors (Lipinski definition) is 4. The van der Waals surface area contributed by atoms with Crippen LogP contribution in [-0.2, 0) is 9.47 Å². The van der Waals surface area contributed by atoms with Gasteiger partial charge in [-0.3, -0.25) is 9.59 Å². The molecule has 4 rings (SSSR count). The number of anilines is 4. The molecular weight excluding hydrogens is 548 g/mol. The van der Waals surface area contributed by atoms with Crippen LogP contribution in [0.2, 0.25) is 0 Å².